The Kier molecular flexibility index (Phi) is 8.32. The summed E-state index contributed by atoms with van der Waals surface area (Å²) < 4.78 is 12.0. The SMILES string of the molecule is O=C1NC(=O)N(c2ccc(OCc3ccccc3Cl)cc2)C(=O)/C1=C/c1c(OCc2cccc(Cl)c2)ccc2ccccc12. The van der Waals surface area contributed by atoms with Gasteiger partial charge in [-0.2, -0.15) is 0 Å². The largest absolute Gasteiger partial charge is 0.489 e. The van der Waals surface area contributed by atoms with Gasteiger partial charge < -0.3 is 9.47 Å². The van der Waals surface area contributed by atoms with Crippen LogP contribution in [0.15, 0.2) is 115 Å². The normalized spacial score (nSPS) is 14.2. The number of fused-ring (bicyclic) bond motifs is 1. The number of halogens is 2. The van der Waals surface area contributed by atoms with Gasteiger partial charge >= 0.3 is 6.03 Å². The lowest BCUT2D eigenvalue weighted by atomic mass is 9.99. The summed E-state index contributed by atoms with van der Waals surface area (Å²) in [6, 6.07) is 31.5. The van der Waals surface area contributed by atoms with Crippen molar-refractivity contribution in [1.82, 2.24) is 5.32 Å². The highest BCUT2D eigenvalue weighted by Gasteiger charge is 2.37. The van der Waals surface area contributed by atoms with E-state index >= 15 is 0 Å². The van der Waals surface area contributed by atoms with Crippen molar-refractivity contribution in [3.63, 3.8) is 0 Å². The first-order valence-electron chi connectivity index (χ1n) is 13.6. The van der Waals surface area contributed by atoms with Crippen LogP contribution in [0.5, 0.6) is 11.5 Å². The molecule has 4 amide bonds. The van der Waals surface area contributed by atoms with Crippen LogP contribution >= 0.6 is 23.2 Å². The monoisotopic (exact) mass is 622 g/mol. The van der Waals surface area contributed by atoms with Gasteiger partial charge in [-0.05, 0) is 70.9 Å². The minimum Gasteiger partial charge on any atom is -0.489 e. The molecule has 1 heterocycles. The number of imide groups is 2. The molecule has 0 unspecified atom stereocenters. The fourth-order valence-corrected chi connectivity index (χ4v) is 5.25. The first kappa shape index (κ1) is 29.0. The van der Waals surface area contributed by atoms with Gasteiger partial charge in [0, 0.05) is 21.2 Å². The van der Waals surface area contributed by atoms with Crippen LogP contribution in [0.4, 0.5) is 10.5 Å². The molecule has 5 aromatic carbocycles. The molecule has 0 saturated carbocycles. The smallest absolute Gasteiger partial charge is 0.335 e. The molecule has 1 N–H and O–H groups in total. The molecule has 7 nitrogen and oxygen atoms in total. The van der Waals surface area contributed by atoms with Crippen LogP contribution in [0.1, 0.15) is 16.7 Å². The molecule has 0 aromatic heterocycles. The third-order valence-corrected chi connectivity index (χ3v) is 7.66. The molecule has 218 valence electrons. The number of hydrogen-bond donors (Lipinski definition) is 1. The summed E-state index contributed by atoms with van der Waals surface area (Å²) in [7, 11) is 0. The van der Waals surface area contributed by atoms with E-state index in [1.165, 1.54) is 6.08 Å². The molecule has 44 heavy (non-hydrogen) atoms. The van der Waals surface area contributed by atoms with Crippen molar-refractivity contribution in [2.45, 2.75) is 13.2 Å². The zero-order valence-corrected chi connectivity index (χ0v) is 24.6. The molecule has 1 saturated heterocycles. The number of anilines is 1. The van der Waals surface area contributed by atoms with Crippen molar-refractivity contribution in [1.29, 1.82) is 0 Å². The average Bonchev–Trinajstić information content (AvgIpc) is 3.02. The van der Waals surface area contributed by atoms with Crippen LogP contribution in [0.3, 0.4) is 0 Å². The van der Waals surface area contributed by atoms with E-state index in [2.05, 4.69) is 5.32 Å². The lowest BCUT2D eigenvalue weighted by molar-refractivity contribution is -0.122. The number of carbonyl (C=O) groups excluding carboxylic acids is 3. The van der Waals surface area contributed by atoms with E-state index in [0.29, 0.717) is 27.1 Å². The van der Waals surface area contributed by atoms with E-state index in [0.717, 1.165) is 26.8 Å². The van der Waals surface area contributed by atoms with Crippen LogP contribution < -0.4 is 19.7 Å². The molecule has 0 radical (unpaired) electrons. The predicted molar refractivity (Wildman–Crippen MR) is 171 cm³/mol. The van der Waals surface area contributed by atoms with E-state index in [1.54, 1.807) is 48.5 Å². The molecular formula is C35H24Cl2N2O5. The van der Waals surface area contributed by atoms with E-state index in [-0.39, 0.29) is 24.5 Å². The molecule has 1 fully saturated rings. The van der Waals surface area contributed by atoms with E-state index in [1.807, 2.05) is 60.7 Å². The highest BCUT2D eigenvalue weighted by atomic mass is 35.5. The molecule has 1 aliphatic heterocycles. The zero-order valence-electron chi connectivity index (χ0n) is 23.1. The van der Waals surface area contributed by atoms with Crippen molar-refractivity contribution in [2.24, 2.45) is 0 Å². The van der Waals surface area contributed by atoms with Crippen molar-refractivity contribution < 1.29 is 23.9 Å². The van der Waals surface area contributed by atoms with Gasteiger partial charge in [-0.15, -0.1) is 0 Å². The lowest BCUT2D eigenvalue weighted by Crippen LogP contribution is -2.54. The Morgan fingerprint density at radius 2 is 1.52 bits per heavy atom. The number of nitrogens with one attached hydrogen (secondary N) is 1. The predicted octanol–water partition coefficient (Wildman–Crippen LogP) is 7.97. The average molecular weight is 623 g/mol. The Hall–Kier alpha value is -5.11. The minimum absolute atomic E-state index is 0.213. The van der Waals surface area contributed by atoms with Gasteiger partial charge in [-0.3, -0.25) is 14.9 Å². The minimum atomic E-state index is -0.850. The molecule has 6 rings (SSSR count). The first-order chi connectivity index (χ1) is 21.4. The third kappa shape index (κ3) is 6.15. The van der Waals surface area contributed by atoms with Crippen LogP contribution in [-0.2, 0) is 22.8 Å². The number of nitrogens with zero attached hydrogens (tertiary/aromatic N) is 1. The fraction of sp³-hybridized carbons (Fsp3) is 0.0571. The van der Waals surface area contributed by atoms with Gasteiger partial charge in [0.2, 0.25) is 0 Å². The van der Waals surface area contributed by atoms with Crippen molar-refractivity contribution in [3.8, 4) is 11.5 Å². The Labute approximate surface area is 263 Å². The maximum absolute atomic E-state index is 13.7. The van der Waals surface area contributed by atoms with E-state index in [4.69, 9.17) is 32.7 Å². The van der Waals surface area contributed by atoms with Gasteiger partial charge in [-0.25, -0.2) is 9.69 Å². The Bertz CT molecular complexity index is 1940. The molecule has 0 aliphatic carbocycles. The topological polar surface area (TPSA) is 84.9 Å². The lowest BCUT2D eigenvalue weighted by Gasteiger charge is -2.26. The molecular weight excluding hydrogens is 599 g/mol. The standard InChI is InChI=1S/C35H24Cl2N2O5/c36-25-9-5-6-22(18-25)20-44-32-17-12-23-7-1-3-10-28(23)29(32)19-30-33(40)38-35(42)39(34(30)41)26-13-15-27(16-14-26)43-21-24-8-2-4-11-31(24)37/h1-19H,20-21H2,(H,38,40,42)/b30-19+. The second-order valence-corrected chi connectivity index (χ2v) is 10.8. The molecule has 1 aliphatic rings. The Morgan fingerprint density at radius 3 is 2.32 bits per heavy atom. The zero-order chi connectivity index (χ0) is 30.6. The molecule has 9 heteroatoms. The van der Waals surface area contributed by atoms with Gasteiger partial charge in [0.1, 0.15) is 30.3 Å². The second-order valence-electron chi connectivity index (χ2n) is 9.95. The van der Waals surface area contributed by atoms with Gasteiger partial charge in [0.15, 0.2) is 0 Å². The van der Waals surface area contributed by atoms with Crippen LogP contribution in [0.25, 0.3) is 16.8 Å². The summed E-state index contributed by atoms with van der Waals surface area (Å²) in [5.74, 6) is -0.593. The summed E-state index contributed by atoms with van der Waals surface area (Å²) in [6.45, 7) is 0.459. The summed E-state index contributed by atoms with van der Waals surface area (Å²) in [5, 5.41) is 5.12. The number of ether oxygens (including phenoxy) is 2. The second kappa shape index (κ2) is 12.6. The van der Waals surface area contributed by atoms with E-state index in [9.17, 15) is 14.4 Å². The summed E-state index contributed by atoms with van der Waals surface area (Å²) >= 11 is 12.3. The highest BCUT2D eigenvalue weighted by molar-refractivity contribution is 6.39. The summed E-state index contributed by atoms with van der Waals surface area (Å²) in [6.07, 6.45) is 1.47. The number of urea groups is 1. The summed E-state index contributed by atoms with van der Waals surface area (Å²) in [4.78, 5) is 40.5. The van der Waals surface area contributed by atoms with Gasteiger partial charge in [0.05, 0.1) is 5.69 Å². The van der Waals surface area contributed by atoms with Crippen LogP contribution in [-0.4, -0.2) is 17.8 Å². The maximum Gasteiger partial charge on any atom is 0.335 e. The van der Waals surface area contributed by atoms with Crippen LogP contribution in [0.2, 0.25) is 10.0 Å². The summed E-state index contributed by atoms with van der Waals surface area (Å²) in [5.41, 5.74) is 2.26. The third-order valence-electron chi connectivity index (χ3n) is 7.05. The molecule has 0 atom stereocenters. The number of amides is 4. The number of hydrogen-bond acceptors (Lipinski definition) is 5. The van der Waals surface area contributed by atoms with E-state index < -0.39 is 17.8 Å². The van der Waals surface area contributed by atoms with Gasteiger partial charge in [-0.1, -0.05) is 83.9 Å². The number of benzene rings is 5. The number of carbonyl (C=O) groups is 3. The first-order valence-corrected chi connectivity index (χ1v) is 14.4. The fourth-order valence-electron chi connectivity index (χ4n) is 4.84. The van der Waals surface area contributed by atoms with Crippen molar-refractivity contribution in [2.75, 3.05) is 4.90 Å². The van der Waals surface area contributed by atoms with Crippen molar-refractivity contribution in [3.05, 3.63) is 142 Å². The number of barbiturate groups is 1. The molecule has 0 bridgehead atoms. The van der Waals surface area contributed by atoms with Crippen molar-refractivity contribution >= 4 is 63.6 Å². The quantitative estimate of drug-likeness (QED) is 0.140. The van der Waals surface area contributed by atoms with Crippen LogP contribution in [0, 0.1) is 0 Å². The maximum atomic E-state index is 13.7. The highest BCUT2D eigenvalue weighted by Crippen LogP contribution is 2.33. The Balaban J connectivity index is 1.29. The molecule has 0 spiro atoms. The number of rotatable bonds is 8. The van der Waals surface area contributed by atoms with Gasteiger partial charge in [0.25, 0.3) is 11.8 Å². The Morgan fingerprint density at radius 1 is 0.750 bits per heavy atom. The molecule has 5 aromatic rings.